The van der Waals surface area contributed by atoms with Crippen molar-refractivity contribution in [2.75, 3.05) is 19.0 Å². The molecule has 8 nitrogen and oxygen atoms in total. The molecule has 2 heterocycles. The Morgan fingerprint density at radius 3 is 2.83 bits per heavy atom. The van der Waals surface area contributed by atoms with E-state index in [-0.39, 0.29) is 17.5 Å². The highest BCUT2D eigenvalue weighted by atomic mass is 32.1. The van der Waals surface area contributed by atoms with Crippen molar-refractivity contribution in [2.45, 2.75) is 33.2 Å². The summed E-state index contributed by atoms with van der Waals surface area (Å²) in [7, 11) is 1.51. The second kappa shape index (κ2) is 9.53. The first-order valence-corrected chi connectivity index (χ1v) is 10.4. The first kappa shape index (κ1) is 21.5. The molecule has 0 fully saturated rings. The molecule has 1 aromatic carbocycles. The number of amides is 1. The molecule has 0 saturated heterocycles. The molecule has 0 bridgehead atoms. The number of rotatable bonds is 8. The highest BCUT2D eigenvalue weighted by Crippen LogP contribution is 2.25. The first-order valence-electron chi connectivity index (χ1n) is 9.52. The van der Waals surface area contributed by atoms with Crippen LogP contribution in [0.5, 0.6) is 5.75 Å². The molecule has 1 N–H and O–H groups in total. The number of nitrogens with one attached hydrogen (secondary N) is 1. The standard InChI is InChI=1S/C21H23N3O5S/c1-4-5-8-29-21(27)14-11-30-19-18(14)20(26)24(12-22-19)10-17(25)23-15-9-13(2)6-7-16(15)28-3/h6-7,9,11-12H,4-5,8,10H2,1-3H3,(H,23,25). The molecule has 0 aliphatic rings. The van der Waals surface area contributed by atoms with E-state index in [4.69, 9.17) is 9.47 Å². The molecule has 2 aromatic heterocycles. The lowest BCUT2D eigenvalue weighted by Gasteiger charge is -2.12. The maximum Gasteiger partial charge on any atom is 0.339 e. The van der Waals surface area contributed by atoms with Gasteiger partial charge in [0.15, 0.2) is 0 Å². The number of esters is 1. The number of thiophene rings is 1. The summed E-state index contributed by atoms with van der Waals surface area (Å²) in [6, 6.07) is 5.41. The highest BCUT2D eigenvalue weighted by Gasteiger charge is 2.19. The molecule has 0 aliphatic carbocycles. The van der Waals surface area contributed by atoms with E-state index in [1.165, 1.54) is 29.3 Å². The number of anilines is 1. The van der Waals surface area contributed by atoms with Gasteiger partial charge in [-0.1, -0.05) is 19.4 Å². The molecule has 3 rings (SSSR count). The van der Waals surface area contributed by atoms with E-state index in [2.05, 4.69) is 10.3 Å². The van der Waals surface area contributed by atoms with Gasteiger partial charge in [0.2, 0.25) is 5.91 Å². The summed E-state index contributed by atoms with van der Waals surface area (Å²) in [6.07, 6.45) is 2.95. The molecule has 3 aromatic rings. The van der Waals surface area contributed by atoms with Gasteiger partial charge in [0.1, 0.15) is 17.1 Å². The van der Waals surface area contributed by atoms with Crippen LogP contribution in [-0.2, 0) is 16.1 Å². The quantitative estimate of drug-likeness (QED) is 0.435. The fourth-order valence-corrected chi connectivity index (χ4v) is 3.75. The molecule has 30 heavy (non-hydrogen) atoms. The van der Waals surface area contributed by atoms with Gasteiger partial charge in [-0.15, -0.1) is 11.3 Å². The van der Waals surface area contributed by atoms with Crippen LogP contribution in [0.1, 0.15) is 35.7 Å². The Bertz CT molecular complexity index is 1140. The maximum absolute atomic E-state index is 12.9. The minimum atomic E-state index is -0.555. The Hall–Kier alpha value is -3.20. The van der Waals surface area contributed by atoms with Crippen molar-refractivity contribution in [1.82, 2.24) is 9.55 Å². The van der Waals surface area contributed by atoms with Crippen molar-refractivity contribution >= 4 is 39.1 Å². The van der Waals surface area contributed by atoms with Crippen LogP contribution in [0, 0.1) is 6.92 Å². The average molecular weight is 429 g/mol. The number of carbonyl (C=O) groups is 2. The number of methoxy groups -OCH3 is 1. The molecule has 0 atom stereocenters. The molecule has 0 spiro atoms. The van der Waals surface area contributed by atoms with Crippen LogP contribution >= 0.6 is 11.3 Å². The van der Waals surface area contributed by atoms with Crippen molar-refractivity contribution < 1.29 is 19.1 Å². The van der Waals surface area contributed by atoms with Gasteiger partial charge in [-0.05, 0) is 31.0 Å². The van der Waals surface area contributed by atoms with E-state index in [0.717, 1.165) is 18.4 Å². The van der Waals surface area contributed by atoms with E-state index in [1.54, 1.807) is 17.5 Å². The third-order valence-electron chi connectivity index (χ3n) is 4.45. The number of benzene rings is 1. The third-order valence-corrected chi connectivity index (χ3v) is 5.34. The number of hydrogen-bond donors (Lipinski definition) is 1. The second-order valence-electron chi connectivity index (χ2n) is 6.75. The van der Waals surface area contributed by atoms with E-state index in [1.807, 2.05) is 19.9 Å². The normalized spacial score (nSPS) is 10.8. The van der Waals surface area contributed by atoms with Crippen LogP contribution in [-0.4, -0.2) is 35.1 Å². The Morgan fingerprint density at radius 2 is 2.10 bits per heavy atom. The van der Waals surface area contributed by atoms with Gasteiger partial charge in [0.25, 0.3) is 5.56 Å². The highest BCUT2D eigenvalue weighted by molar-refractivity contribution is 7.17. The Labute approximate surface area is 177 Å². The van der Waals surface area contributed by atoms with Crippen LogP contribution in [0.2, 0.25) is 0 Å². The predicted octanol–water partition coefficient (Wildman–Crippen LogP) is 3.37. The number of hydrogen-bond acceptors (Lipinski definition) is 7. The van der Waals surface area contributed by atoms with Crippen molar-refractivity contribution in [3.8, 4) is 5.75 Å². The number of ether oxygens (including phenoxy) is 2. The number of fused-ring (bicyclic) bond motifs is 1. The van der Waals surface area contributed by atoms with Gasteiger partial charge in [-0.2, -0.15) is 0 Å². The van der Waals surface area contributed by atoms with Crippen LogP contribution in [0.15, 0.2) is 34.7 Å². The number of aromatic nitrogens is 2. The van der Waals surface area contributed by atoms with E-state index in [0.29, 0.717) is 22.9 Å². The molecule has 158 valence electrons. The Morgan fingerprint density at radius 1 is 1.30 bits per heavy atom. The predicted molar refractivity (Wildman–Crippen MR) is 115 cm³/mol. The first-order chi connectivity index (χ1) is 14.4. The zero-order valence-electron chi connectivity index (χ0n) is 17.1. The zero-order valence-corrected chi connectivity index (χ0v) is 17.9. The van der Waals surface area contributed by atoms with E-state index in [9.17, 15) is 14.4 Å². The minimum Gasteiger partial charge on any atom is -0.495 e. The second-order valence-corrected chi connectivity index (χ2v) is 7.61. The monoisotopic (exact) mass is 429 g/mol. The summed E-state index contributed by atoms with van der Waals surface area (Å²) >= 11 is 1.19. The number of nitrogens with zero attached hydrogens (tertiary/aromatic N) is 2. The molecule has 0 unspecified atom stereocenters. The van der Waals surface area contributed by atoms with Gasteiger partial charge in [-0.25, -0.2) is 9.78 Å². The van der Waals surface area contributed by atoms with Crippen LogP contribution in [0.25, 0.3) is 10.2 Å². The Balaban J connectivity index is 1.83. The van der Waals surface area contributed by atoms with Crippen molar-refractivity contribution in [3.05, 3.63) is 51.4 Å². The summed E-state index contributed by atoms with van der Waals surface area (Å²) in [5.74, 6) is -0.449. The summed E-state index contributed by atoms with van der Waals surface area (Å²) < 4.78 is 11.7. The summed E-state index contributed by atoms with van der Waals surface area (Å²) in [6.45, 7) is 3.93. The van der Waals surface area contributed by atoms with Crippen LogP contribution < -0.4 is 15.6 Å². The summed E-state index contributed by atoms with van der Waals surface area (Å²) in [5, 5.41) is 4.49. The lowest BCUT2D eigenvalue weighted by molar-refractivity contribution is -0.116. The van der Waals surface area contributed by atoms with Gasteiger partial charge in [-0.3, -0.25) is 14.2 Å². The largest absolute Gasteiger partial charge is 0.495 e. The van der Waals surface area contributed by atoms with Gasteiger partial charge < -0.3 is 14.8 Å². The molecular formula is C21H23N3O5S. The van der Waals surface area contributed by atoms with Gasteiger partial charge in [0.05, 0.1) is 36.7 Å². The van der Waals surface area contributed by atoms with Crippen LogP contribution in [0.3, 0.4) is 0 Å². The van der Waals surface area contributed by atoms with Crippen LogP contribution in [0.4, 0.5) is 5.69 Å². The number of carbonyl (C=O) groups excluding carboxylic acids is 2. The van der Waals surface area contributed by atoms with Gasteiger partial charge >= 0.3 is 5.97 Å². The summed E-state index contributed by atoms with van der Waals surface area (Å²) in [5.41, 5.74) is 1.19. The minimum absolute atomic E-state index is 0.171. The van der Waals surface area contributed by atoms with Crippen molar-refractivity contribution in [1.29, 1.82) is 0 Å². The maximum atomic E-state index is 12.9. The average Bonchev–Trinajstić information content (AvgIpc) is 3.15. The number of aryl methyl sites for hydroxylation is 1. The molecule has 9 heteroatoms. The van der Waals surface area contributed by atoms with Crippen molar-refractivity contribution in [3.63, 3.8) is 0 Å². The zero-order chi connectivity index (χ0) is 21.7. The smallest absolute Gasteiger partial charge is 0.339 e. The fourth-order valence-electron chi connectivity index (χ4n) is 2.88. The third kappa shape index (κ3) is 4.68. The van der Waals surface area contributed by atoms with E-state index >= 15 is 0 Å². The molecule has 0 aliphatic heterocycles. The summed E-state index contributed by atoms with van der Waals surface area (Å²) in [4.78, 5) is 42.5. The fraction of sp³-hybridized carbons (Fsp3) is 0.333. The molecule has 1 amide bonds. The van der Waals surface area contributed by atoms with Crippen molar-refractivity contribution in [2.24, 2.45) is 0 Å². The lowest BCUT2D eigenvalue weighted by Crippen LogP contribution is -2.28. The number of unbranched alkanes of at least 4 members (excludes halogenated alkanes) is 1. The molecule has 0 saturated carbocycles. The van der Waals surface area contributed by atoms with Gasteiger partial charge in [0, 0.05) is 5.38 Å². The molecular weight excluding hydrogens is 406 g/mol. The lowest BCUT2D eigenvalue weighted by atomic mass is 10.2. The Kier molecular flexibility index (Phi) is 6.83. The topological polar surface area (TPSA) is 99.5 Å². The molecule has 0 radical (unpaired) electrons. The van der Waals surface area contributed by atoms with E-state index < -0.39 is 17.4 Å². The SMILES string of the molecule is CCCCOC(=O)c1csc2ncn(CC(=O)Nc3cc(C)ccc3OC)c(=O)c12.